The third-order valence-corrected chi connectivity index (χ3v) is 3.37. The minimum Gasteiger partial charge on any atom is -0.478 e. The number of nitrogens with zero attached hydrogens (tertiary/aromatic N) is 1. The van der Waals surface area contributed by atoms with Gasteiger partial charge in [-0.2, -0.15) is 0 Å². The van der Waals surface area contributed by atoms with Crippen LogP contribution in [0.15, 0.2) is 54.7 Å². The van der Waals surface area contributed by atoms with Crippen LogP contribution in [-0.2, 0) is 0 Å². The van der Waals surface area contributed by atoms with Crippen LogP contribution in [0.25, 0.3) is 22.0 Å². The molecule has 0 saturated heterocycles. The largest absolute Gasteiger partial charge is 0.478 e. The Morgan fingerprint density at radius 3 is 2.65 bits per heavy atom. The second-order valence-electron chi connectivity index (χ2n) is 4.75. The zero-order chi connectivity index (χ0) is 14.1. The van der Waals surface area contributed by atoms with Gasteiger partial charge in [-0.15, -0.1) is 0 Å². The highest BCUT2D eigenvalue weighted by Crippen LogP contribution is 2.26. The molecule has 0 bridgehead atoms. The summed E-state index contributed by atoms with van der Waals surface area (Å²) in [6.45, 7) is 1.91. The molecule has 2 aromatic carbocycles. The maximum absolute atomic E-state index is 11.0. The molecule has 0 unspecified atom stereocenters. The van der Waals surface area contributed by atoms with Crippen molar-refractivity contribution in [3.63, 3.8) is 0 Å². The van der Waals surface area contributed by atoms with E-state index in [4.69, 9.17) is 5.11 Å². The predicted octanol–water partition coefficient (Wildman–Crippen LogP) is 3.91. The third kappa shape index (κ3) is 2.14. The molecule has 1 N–H and O–H groups in total. The van der Waals surface area contributed by atoms with E-state index in [1.165, 1.54) is 0 Å². The minimum atomic E-state index is -0.906. The van der Waals surface area contributed by atoms with Gasteiger partial charge in [-0.05, 0) is 42.3 Å². The molecule has 0 saturated carbocycles. The highest BCUT2D eigenvalue weighted by molar-refractivity contribution is 5.90. The van der Waals surface area contributed by atoms with Gasteiger partial charge in [0, 0.05) is 17.1 Å². The van der Waals surface area contributed by atoms with Gasteiger partial charge in [0.05, 0.1) is 11.1 Å². The molecule has 1 aromatic heterocycles. The normalized spacial score (nSPS) is 10.7. The lowest BCUT2D eigenvalue weighted by Crippen LogP contribution is -1.97. The lowest BCUT2D eigenvalue weighted by Gasteiger charge is -2.08. The maximum atomic E-state index is 11.0. The van der Waals surface area contributed by atoms with Crippen LogP contribution < -0.4 is 0 Å². The molecule has 3 aromatic rings. The van der Waals surface area contributed by atoms with Crippen molar-refractivity contribution in [1.82, 2.24) is 4.98 Å². The van der Waals surface area contributed by atoms with E-state index in [0.29, 0.717) is 5.56 Å². The molecule has 0 aliphatic heterocycles. The summed E-state index contributed by atoms with van der Waals surface area (Å²) in [5.41, 5.74) is 4.20. The molecule has 0 aliphatic rings. The molecule has 98 valence electrons. The summed E-state index contributed by atoms with van der Waals surface area (Å²) >= 11 is 0. The van der Waals surface area contributed by atoms with Crippen LogP contribution in [0.2, 0.25) is 0 Å². The third-order valence-electron chi connectivity index (χ3n) is 3.37. The van der Waals surface area contributed by atoms with Crippen LogP contribution in [0.4, 0.5) is 0 Å². The van der Waals surface area contributed by atoms with Crippen LogP contribution in [-0.4, -0.2) is 16.1 Å². The van der Waals surface area contributed by atoms with Crippen molar-refractivity contribution in [3.8, 4) is 11.1 Å². The lowest BCUT2D eigenvalue weighted by molar-refractivity contribution is 0.0697. The smallest absolute Gasteiger partial charge is 0.335 e. The molecule has 0 atom stereocenters. The van der Waals surface area contributed by atoms with E-state index in [1.54, 1.807) is 12.1 Å². The van der Waals surface area contributed by atoms with E-state index < -0.39 is 5.97 Å². The molecule has 0 amide bonds. The van der Waals surface area contributed by atoms with Crippen LogP contribution in [0.5, 0.6) is 0 Å². The quantitative estimate of drug-likeness (QED) is 0.762. The predicted molar refractivity (Wildman–Crippen MR) is 78.9 cm³/mol. The van der Waals surface area contributed by atoms with Crippen molar-refractivity contribution in [1.29, 1.82) is 0 Å². The van der Waals surface area contributed by atoms with E-state index in [0.717, 1.165) is 27.6 Å². The first-order valence-corrected chi connectivity index (χ1v) is 6.34. The summed E-state index contributed by atoms with van der Waals surface area (Å²) in [4.78, 5) is 15.4. The average molecular weight is 263 g/mol. The summed E-state index contributed by atoms with van der Waals surface area (Å²) < 4.78 is 0. The fourth-order valence-corrected chi connectivity index (χ4v) is 2.34. The van der Waals surface area contributed by atoms with Crippen molar-refractivity contribution in [2.24, 2.45) is 0 Å². The van der Waals surface area contributed by atoms with Gasteiger partial charge in [-0.1, -0.05) is 24.3 Å². The van der Waals surface area contributed by atoms with Crippen LogP contribution in [0, 0.1) is 6.92 Å². The number of para-hydroxylation sites is 1. The van der Waals surface area contributed by atoms with E-state index in [1.807, 2.05) is 43.5 Å². The molecule has 0 spiro atoms. The van der Waals surface area contributed by atoms with Crippen molar-refractivity contribution in [2.45, 2.75) is 6.92 Å². The molecule has 3 nitrogen and oxygen atoms in total. The minimum absolute atomic E-state index is 0.306. The van der Waals surface area contributed by atoms with Crippen LogP contribution in [0.3, 0.4) is 0 Å². The molecule has 1 heterocycles. The molecule has 3 rings (SSSR count). The highest BCUT2D eigenvalue weighted by atomic mass is 16.4. The maximum Gasteiger partial charge on any atom is 0.335 e. The Labute approximate surface area is 116 Å². The fraction of sp³-hybridized carbons (Fsp3) is 0.0588. The summed E-state index contributed by atoms with van der Waals surface area (Å²) in [7, 11) is 0. The van der Waals surface area contributed by atoms with E-state index in [-0.39, 0.29) is 0 Å². The number of carbonyl (C=O) groups is 1. The molecule has 3 heteroatoms. The summed E-state index contributed by atoms with van der Waals surface area (Å²) in [5.74, 6) is -0.906. The highest BCUT2D eigenvalue weighted by Gasteiger charge is 2.08. The average Bonchev–Trinajstić information content (AvgIpc) is 2.46. The number of aryl methyl sites for hydroxylation is 1. The molecular formula is C17H13NO2. The van der Waals surface area contributed by atoms with Gasteiger partial charge in [0.15, 0.2) is 0 Å². The molecular weight excluding hydrogens is 250 g/mol. The Hall–Kier alpha value is -2.68. The van der Waals surface area contributed by atoms with Gasteiger partial charge < -0.3 is 5.11 Å². The number of hydrogen-bond donors (Lipinski definition) is 1. The van der Waals surface area contributed by atoms with Crippen molar-refractivity contribution in [2.75, 3.05) is 0 Å². The number of fused-ring (bicyclic) bond motifs is 1. The number of carboxylic acids is 1. The van der Waals surface area contributed by atoms with E-state index >= 15 is 0 Å². The number of pyridine rings is 1. The fourth-order valence-electron chi connectivity index (χ4n) is 2.34. The van der Waals surface area contributed by atoms with Crippen molar-refractivity contribution in [3.05, 3.63) is 65.9 Å². The first-order chi connectivity index (χ1) is 9.65. The van der Waals surface area contributed by atoms with Crippen LogP contribution in [0.1, 0.15) is 15.9 Å². The summed E-state index contributed by atoms with van der Waals surface area (Å²) in [6, 6.07) is 15.2. The first-order valence-electron chi connectivity index (χ1n) is 6.34. The van der Waals surface area contributed by atoms with Gasteiger partial charge in [-0.25, -0.2) is 4.79 Å². The Balaban J connectivity index is 2.13. The number of carboxylic acid groups (broad SMARTS) is 1. The van der Waals surface area contributed by atoms with Gasteiger partial charge >= 0.3 is 5.97 Å². The second kappa shape index (κ2) is 4.78. The summed E-state index contributed by atoms with van der Waals surface area (Å²) in [5, 5.41) is 10.1. The number of aromatic nitrogens is 1. The standard InChI is InChI=1S/C17H13NO2/c1-11-8-13(17(19)20)6-7-15(11)14-9-12-4-2-3-5-16(12)18-10-14/h2-10H,1H3,(H,19,20). The molecule has 0 fully saturated rings. The van der Waals surface area contributed by atoms with Crippen LogP contribution >= 0.6 is 0 Å². The van der Waals surface area contributed by atoms with Gasteiger partial charge in [-0.3, -0.25) is 4.98 Å². The lowest BCUT2D eigenvalue weighted by atomic mass is 9.98. The number of benzene rings is 2. The monoisotopic (exact) mass is 263 g/mol. The molecule has 0 radical (unpaired) electrons. The zero-order valence-corrected chi connectivity index (χ0v) is 11.0. The van der Waals surface area contributed by atoms with Crippen molar-refractivity contribution >= 4 is 16.9 Å². The SMILES string of the molecule is Cc1cc(C(=O)O)ccc1-c1cnc2ccccc2c1. The van der Waals surface area contributed by atoms with Crippen molar-refractivity contribution < 1.29 is 9.90 Å². The first kappa shape index (κ1) is 12.4. The van der Waals surface area contributed by atoms with Gasteiger partial charge in [0.2, 0.25) is 0 Å². The molecule has 0 aliphatic carbocycles. The van der Waals surface area contributed by atoms with Gasteiger partial charge in [0.25, 0.3) is 0 Å². The Bertz CT molecular complexity index is 809. The topological polar surface area (TPSA) is 50.2 Å². The number of rotatable bonds is 2. The number of aromatic carboxylic acids is 1. The zero-order valence-electron chi connectivity index (χ0n) is 11.0. The Morgan fingerprint density at radius 1 is 1.10 bits per heavy atom. The van der Waals surface area contributed by atoms with Gasteiger partial charge in [0.1, 0.15) is 0 Å². The van der Waals surface area contributed by atoms with E-state index in [2.05, 4.69) is 11.1 Å². The second-order valence-corrected chi connectivity index (χ2v) is 4.75. The Morgan fingerprint density at radius 2 is 1.90 bits per heavy atom. The van der Waals surface area contributed by atoms with E-state index in [9.17, 15) is 4.79 Å². The molecule has 20 heavy (non-hydrogen) atoms. The Kier molecular flexibility index (Phi) is 2.95. The summed E-state index contributed by atoms with van der Waals surface area (Å²) in [6.07, 6.45) is 1.82. The number of hydrogen-bond acceptors (Lipinski definition) is 2.